The van der Waals surface area contributed by atoms with E-state index in [2.05, 4.69) is 46.8 Å². The van der Waals surface area contributed by atoms with Crippen LogP contribution in [0.15, 0.2) is 6.07 Å². The number of rotatable bonds is 6. The number of carbonyl (C=O) groups is 1. The highest BCUT2D eigenvalue weighted by Gasteiger charge is 2.33. The molecule has 0 aromatic carbocycles. The van der Waals surface area contributed by atoms with Gasteiger partial charge in [-0.3, -0.25) is 4.68 Å². The van der Waals surface area contributed by atoms with Gasteiger partial charge in [-0.05, 0) is 51.6 Å². The Morgan fingerprint density at radius 1 is 1.31 bits per heavy atom. The molecule has 0 aliphatic carbocycles. The van der Waals surface area contributed by atoms with Gasteiger partial charge in [0.15, 0.2) is 0 Å². The van der Waals surface area contributed by atoms with Crippen molar-refractivity contribution in [1.29, 1.82) is 0 Å². The summed E-state index contributed by atoms with van der Waals surface area (Å²) in [5.74, 6) is 0.706. The summed E-state index contributed by atoms with van der Waals surface area (Å²) in [4.78, 5) is 16.9. The lowest BCUT2D eigenvalue weighted by atomic mass is 9.98. The van der Waals surface area contributed by atoms with Crippen molar-refractivity contribution < 1.29 is 4.79 Å². The lowest BCUT2D eigenvalue weighted by molar-refractivity contribution is 0.111. The molecule has 6 heteroatoms. The van der Waals surface area contributed by atoms with Crippen molar-refractivity contribution in [2.75, 3.05) is 32.7 Å². The van der Waals surface area contributed by atoms with Crippen LogP contribution in [0, 0.1) is 19.8 Å². The molecule has 0 spiro atoms. The second-order valence-electron chi connectivity index (χ2n) is 8.49. The molecule has 1 aromatic heterocycles. The van der Waals surface area contributed by atoms with E-state index >= 15 is 0 Å². The minimum atomic E-state index is 0.0778. The Labute approximate surface area is 157 Å². The maximum Gasteiger partial charge on any atom is 0.317 e. The Kier molecular flexibility index (Phi) is 6.22. The maximum absolute atomic E-state index is 12.4. The Hall–Kier alpha value is -1.56. The first-order valence-electron chi connectivity index (χ1n) is 10.2. The number of nitrogens with zero attached hydrogens (tertiary/aromatic N) is 4. The molecule has 146 valence electrons. The van der Waals surface area contributed by atoms with Crippen LogP contribution in [0.5, 0.6) is 0 Å². The molecule has 26 heavy (non-hydrogen) atoms. The van der Waals surface area contributed by atoms with Crippen LogP contribution >= 0.6 is 0 Å². The number of nitrogens with one attached hydrogen (secondary N) is 1. The van der Waals surface area contributed by atoms with Crippen LogP contribution in [0.4, 0.5) is 4.79 Å². The highest BCUT2D eigenvalue weighted by atomic mass is 16.2. The summed E-state index contributed by atoms with van der Waals surface area (Å²) in [6, 6.07) is 3.13. The molecule has 0 bridgehead atoms. The molecule has 2 amide bonds. The SMILES string of the molecule is Cc1cc(C)n(C2CN(C(=O)NCC[C@@H]3CCCCN3CC(C)C)C2)n1. The summed E-state index contributed by atoms with van der Waals surface area (Å²) in [6.45, 7) is 13.4. The third-order valence-corrected chi connectivity index (χ3v) is 5.64. The van der Waals surface area contributed by atoms with Gasteiger partial charge in [0.05, 0.1) is 11.7 Å². The molecule has 2 aliphatic heterocycles. The van der Waals surface area contributed by atoms with Crippen LogP contribution in [0.25, 0.3) is 0 Å². The Bertz CT molecular complexity index is 605. The number of hydrogen-bond acceptors (Lipinski definition) is 3. The van der Waals surface area contributed by atoms with Crippen LogP contribution in [-0.4, -0.2) is 64.4 Å². The zero-order valence-electron chi connectivity index (χ0n) is 16.9. The van der Waals surface area contributed by atoms with Crippen LogP contribution in [0.3, 0.4) is 0 Å². The first-order valence-corrected chi connectivity index (χ1v) is 10.2. The lowest BCUT2D eigenvalue weighted by Crippen LogP contribution is -2.55. The maximum atomic E-state index is 12.4. The second-order valence-corrected chi connectivity index (χ2v) is 8.49. The van der Waals surface area contributed by atoms with Crippen molar-refractivity contribution in [2.24, 2.45) is 5.92 Å². The highest BCUT2D eigenvalue weighted by molar-refractivity contribution is 5.75. The number of carbonyl (C=O) groups excluding carboxylic acids is 1. The molecular weight excluding hydrogens is 326 g/mol. The van der Waals surface area contributed by atoms with Crippen LogP contribution in [0.2, 0.25) is 0 Å². The topological polar surface area (TPSA) is 53.4 Å². The summed E-state index contributed by atoms with van der Waals surface area (Å²) >= 11 is 0. The van der Waals surface area contributed by atoms with E-state index in [0.717, 1.165) is 31.7 Å². The normalized spacial score (nSPS) is 21.9. The van der Waals surface area contributed by atoms with Crippen LogP contribution < -0.4 is 5.32 Å². The molecule has 3 rings (SSSR count). The Balaban J connectivity index is 1.39. The predicted octanol–water partition coefficient (Wildman–Crippen LogP) is 2.97. The third kappa shape index (κ3) is 4.58. The number of aryl methyl sites for hydroxylation is 2. The van der Waals surface area contributed by atoms with E-state index < -0.39 is 0 Å². The fourth-order valence-corrected chi connectivity index (χ4v) is 4.35. The highest BCUT2D eigenvalue weighted by Crippen LogP contribution is 2.23. The standard InChI is InChI=1S/C20H35N5O/c1-15(2)12-23-10-6-5-7-18(23)8-9-21-20(26)24-13-19(14-24)25-17(4)11-16(3)22-25/h11,15,18-19H,5-10,12-14H2,1-4H3,(H,21,26)/t18-/m0/s1. The molecular formula is C20H35N5O. The van der Waals surface area contributed by atoms with Gasteiger partial charge in [0.1, 0.15) is 0 Å². The second kappa shape index (κ2) is 8.42. The van der Waals surface area contributed by atoms with Crippen LogP contribution in [0.1, 0.15) is 57.0 Å². The third-order valence-electron chi connectivity index (χ3n) is 5.64. The fraction of sp³-hybridized carbons (Fsp3) is 0.800. The van der Waals surface area contributed by atoms with Gasteiger partial charge in [0, 0.05) is 37.9 Å². The van der Waals surface area contributed by atoms with E-state index in [9.17, 15) is 4.79 Å². The number of likely N-dealkylation sites (tertiary alicyclic amines) is 2. The molecule has 6 nitrogen and oxygen atoms in total. The van der Waals surface area contributed by atoms with Gasteiger partial charge >= 0.3 is 6.03 Å². The predicted molar refractivity (Wildman–Crippen MR) is 104 cm³/mol. The van der Waals surface area contributed by atoms with E-state index in [0.29, 0.717) is 18.0 Å². The van der Waals surface area contributed by atoms with Gasteiger partial charge in [0.25, 0.3) is 0 Å². The number of amides is 2. The quantitative estimate of drug-likeness (QED) is 0.847. The fourth-order valence-electron chi connectivity index (χ4n) is 4.35. The minimum Gasteiger partial charge on any atom is -0.338 e. The minimum absolute atomic E-state index is 0.0778. The van der Waals surface area contributed by atoms with Crippen molar-refractivity contribution in [1.82, 2.24) is 24.9 Å². The van der Waals surface area contributed by atoms with Crippen molar-refractivity contribution in [3.63, 3.8) is 0 Å². The molecule has 3 heterocycles. The van der Waals surface area contributed by atoms with Crippen molar-refractivity contribution >= 4 is 6.03 Å². The lowest BCUT2D eigenvalue weighted by Gasteiger charge is -2.40. The van der Waals surface area contributed by atoms with Gasteiger partial charge in [-0.2, -0.15) is 5.10 Å². The van der Waals surface area contributed by atoms with Crippen molar-refractivity contribution in [2.45, 2.75) is 65.5 Å². The average molecular weight is 362 g/mol. The zero-order chi connectivity index (χ0) is 18.7. The van der Waals surface area contributed by atoms with Gasteiger partial charge < -0.3 is 15.1 Å². The summed E-state index contributed by atoms with van der Waals surface area (Å²) in [7, 11) is 0. The van der Waals surface area contributed by atoms with E-state index in [1.165, 1.54) is 38.0 Å². The van der Waals surface area contributed by atoms with Crippen molar-refractivity contribution in [3.05, 3.63) is 17.5 Å². The van der Waals surface area contributed by atoms with Gasteiger partial charge in [-0.25, -0.2) is 4.79 Å². The summed E-state index contributed by atoms with van der Waals surface area (Å²) in [6.07, 6.45) is 4.97. The van der Waals surface area contributed by atoms with Gasteiger partial charge in [0.2, 0.25) is 0 Å². The van der Waals surface area contributed by atoms with Gasteiger partial charge in [-0.1, -0.05) is 20.3 Å². The molecule has 2 saturated heterocycles. The molecule has 0 radical (unpaired) electrons. The first kappa shape index (κ1) is 19.2. The summed E-state index contributed by atoms with van der Waals surface area (Å²) in [5.41, 5.74) is 2.22. The molecule has 0 saturated carbocycles. The smallest absolute Gasteiger partial charge is 0.317 e. The molecule has 2 fully saturated rings. The molecule has 1 N–H and O–H groups in total. The van der Waals surface area contributed by atoms with E-state index in [1.807, 2.05) is 11.8 Å². The summed E-state index contributed by atoms with van der Waals surface area (Å²) in [5, 5.41) is 7.66. The monoisotopic (exact) mass is 361 g/mol. The van der Waals surface area contributed by atoms with E-state index in [-0.39, 0.29) is 6.03 Å². The zero-order valence-corrected chi connectivity index (χ0v) is 16.9. The Morgan fingerprint density at radius 3 is 2.73 bits per heavy atom. The van der Waals surface area contributed by atoms with Crippen molar-refractivity contribution in [3.8, 4) is 0 Å². The largest absolute Gasteiger partial charge is 0.338 e. The first-order chi connectivity index (χ1) is 12.4. The average Bonchev–Trinajstić information content (AvgIpc) is 2.85. The molecule has 1 aromatic rings. The molecule has 0 unspecified atom stereocenters. The molecule has 1 atom stereocenters. The molecule has 2 aliphatic rings. The number of urea groups is 1. The van der Waals surface area contributed by atoms with E-state index in [1.54, 1.807) is 0 Å². The van der Waals surface area contributed by atoms with Gasteiger partial charge in [-0.15, -0.1) is 0 Å². The number of aromatic nitrogens is 2. The van der Waals surface area contributed by atoms with E-state index in [4.69, 9.17) is 0 Å². The summed E-state index contributed by atoms with van der Waals surface area (Å²) < 4.78 is 2.06. The Morgan fingerprint density at radius 2 is 2.08 bits per heavy atom. The number of hydrogen-bond donors (Lipinski definition) is 1. The van der Waals surface area contributed by atoms with Crippen LogP contribution in [-0.2, 0) is 0 Å². The number of piperidine rings is 1.